The topological polar surface area (TPSA) is 3.24 Å². The average Bonchev–Trinajstić information content (AvgIpc) is 2.00. The van der Waals surface area contributed by atoms with E-state index in [9.17, 15) is 0 Å². The van der Waals surface area contributed by atoms with E-state index in [1.807, 2.05) is 0 Å². The molecule has 0 aliphatic carbocycles. The van der Waals surface area contributed by atoms with Crippen LogP contribution < -0.4 is 0 Å². The van der Waals surface area contributed by atoms with Crippen LogP contribution >= 0.6 is 0 Å². The van der Waals surface area contributed by atoms with Crippen molar-refractivity contribution in [3.63, 3.8) is 0 Å². The van der Waals surface area contributed by atoms with Gasteiger partial charge in [0.1, 0.15) is 0 Å². The van der Waals surface area contributed by atoms with Crippen molar-refractivity contribution in [2.75, 3.05) is 13.1 Å². The molecule has 0 saturated carbocycles. The Morgan fingerprint density at radius 3 is 1.36 bits per heavy atom. The summed E-state index contributed by atoms with van der Waals surface area (Å²) in [5.41, 5.74) is 0. The molecular weight excluding hydrogens is 213 g/mol. The SMILES string of the molecule is CCC(CC)N(CC)CC.[Zr]. The Morgan fingerprint density at radius 2 is 1.27 bits per heavy atom. The van der Waals surface area contributed by atoms with Crippen molar-refractivity contribution >= 4 is 0 Å². The Balaban J connectivity index is 0. The molecule has 0 aromatic heterocycles. The molecule has 0 N–H and O–H groups in total. The minimum Gasteiger partial charge on any atom is -0.301 e. The molecule has 0 atom stereocenters. The van der Waals surface area contributed by atoms with Gasteiger partial charge in [-0.15, -0.1) is 0 Å². The van der Waals surface area contributed by atoms with Crippen molar-refractivity contribution in [2.45, 2.75) is 46.6 Å². The second-order valence-corrected chi connectivity index (χ2v) is 2.69. The third-order valence-corrected chi connectivity index (χ3v) is 2.27. The van der Waals surface area contributed by atoms with Crippen LogP contribution in [0.15, 0.2) is 0 Å². The molecule has 11 heavy (non-hydrogen) atoms. The van der Waals surface area contributed by atoms with Crippen LogP contribution in [0, 0.1) is 0 Å². The van der Waals surface area contributed by atoms with Crippen molar-refractivity contribution in [3.8, 4) is 0 Å². The van der Waals surface area contributed by atoms with E-state index in [-0.39, 0.29) is 26.2 Å². The second kappa shape index (κ2) is 8.94. The Labute approximate surface area is 90.7 Å². The Kier molecular flexibility index (Phi) is 11.7. The first kappa shape index (κ1) is 14.4. The molecule has 0 bridgehead atoms. The maximum atomic E-state index is 2.53. The maximum Gasteiger partial charge on any atom is 0.00897 e. The summed E-state index contributed by atoms with van der Waals surface area (Å²) >= 11 is 0. The summed E-state index contributed by atoms with van der Waals surface area (Å²) in [4.78, 5) is 2.53. The van der Waals surface area contributed by atoms with Gasteiger partial charge in [0.05, 0.1) is 0 Å². The van der Waals surface area contributed by atoms with Gasteiger partial charge in [-0.3, -0.25) is 0 Å². The molecule has 0 aliphatic heterocycles. The fourth-order valence-corrected chi connectivity index (χ4v) is 1.55. The summed E-state index contributed by atoms with van der Waals surface area (Å²) in [7, 11) is 0. The largest absolute Gasteiger partial charge is 0.301 e. The molecule has 0 rings (SSSR count). The molecule has 0 heterocycles. The van der Waals surface area contributed by atoms with Crippen LogP contribution in [0.5, 0.6) is 0 Å². The van der Waals surface area contributed by atoms with Crippen molar-refractivity contribution in [2.24, 2.45) is 0 Å². The van der Waals surface area contributed by atoms with E-state index in [1.54, 1.807) is 0 Å². The van der Waals surface area contributed by atoms with Crippen LogP contribution in [0.4, 0.5) is 0 Å². The molecule has 0 unspecified atom stereocenters. The van der Waals surface area contributed by atoms with E-state index in [0.717, 1.165) is 6.04 Å². The first-order valence-corrected chi connectivity index (χ1v) is 4.54. The molecule has 0 amide bonds. The van der Waals surface area contributed by atoms with Gasteiger partial charge in [-0.2, -0.15) is 0 Å². The van der Waals surface area contributed by atoms with Crippen LogP contribution in [-0.4, -0.2) is 24.0 Å². The van der Waals surface area contributed by atoms with Gasteiger partial charge < -0.3 is 4.90 Å². The first-order valence-electron chi connectivity index (χ1n) is 4.54. The van der Waals surface area contributed by atoms with Crippen molar-refractivity contribution in [3.05, 3.63) is 0 Å². The Morgan fingerprint density at radius 1 is 0.909 bits per heavy atom. The van der Waals surface area contributed by atoms with Gasteiger partial charge >= 0.3 is 0 Å². The summed E-state index contributed by atoms with van der Waals surface area (Å²) < 4.78 is 0. The van der Waals surface area contributed by atoms with E-state index in [1.165, 1.54) is 25.9 Å². The zero-order valence-electron chi connectivity index (χ0n) is 8.35. The third-order valence-electron chi connectivity index (χ3n) is 2.27. The Hall–Kier alpha value is 0.843. The first-order chi connectivity index (χ1) is 4.79. The van der Waals surface area contributed by atoms with Gasteiger partial charge in [-0.1, -0.05) is 27.7 Å². The zero-order valence-corrected chi connectivity index (χ0v) is 10.8. The van der Waals surface area contributed by atoms with E-state index >= 15 is 0 Å². The summed E-state index contributed by atoms with van der Waals surface area (Å²) in [6.07, 6.45) is 2.58. The predicted molar refractivity (Wildman–Crippen MR) is 47.3 cm³/mol. The van der Waals surface area contributed by atoms with Gasteiger partial charge in [0.15, 0.2) is 0 Å². The van der Waals surface area contributed by atoms with Gasteiger partial charge in [0.25, 0.3) is 0 Å². The minimum atomic E-state index is 0. The number of hydrogen-bond donors (Lipinski definition) is 0. The van der Waals surface area contributed by atoms with E-state index in [0.29, 0.717) is 0 Å². The van der Waals surface area contributed by atoms with Crippen LogP contribution in [0.3, 0.4) is 0 Å². The van der Waals surface area contributed by atoms with Crippen molar-refractivity contribution in [1.82, 2.24) is 4.90 Å². The van der Waals surface area contributed by atoms with Gasteiger partial charge in [0, 0.05) is 32.2 Å². The molecule has 2 heteroatoms. The monoisotopic (exact) mass is 233 g/mol. The molecule has 66 valence electrons. The van der Waals surface area contributed by atoms with Gasteiger partial charge in [-0.25, -0.2) is 0 Å². The van der Waals surface area contributed by atoms with E-state index in [2.05, 4.69) is 32.6 Å². The smallest absolute Gasteiger partial charge is 0.00897 e. The second-order valence-electron chi connectivity index (χ2n) is 2.69. The zero-order chi connectivity index (χ0) is 7.98. The van der Waals surface area contributed by atoms with Crippen molar-refractivity contribution in [1.29, 1.82) is 0 Å². The quantitative estimate of drug-likeness (QED) is 0.706. The number of rotatable bonds is 5. The minimum absolute atomic E-state index is 0. The summed E-state index contributed by atoms with van der Waals surface area (Å²) in [6, 6.07) is 0.815. The fraction of sp³-hybridized carbons (Fsp3) is 1.00. The third kappa shape index (κ3) is 5.14. The van der Waals surface area contributed by atoms with Gasteiger partial charge in [-0.05, 0) is 25.9 Å². The summed E-state index contributed by atoms with van der Waals surface area (Å²) in [5.74, 6) is 0. The molecule has 0 saturated heterocycles. The normalized spacial score (nSPS) is 10.4. The summed E-state index contributed by atoms with van der Waals surface area (Å²) in [6.45, 7) is 11.4. The standard InChI is InChI=1S/C9H21N.Zr/c1-5-9(6-2)10(7-3)8-4;/h9H,5-8H2,1-4H3;. The average molecular weight is 234 g/mol. The molecule has 0 spiro atoms. The van der Waals surface area contributed by atoms with E-state index in [4.69, 9.17) is 0 Å². The van der Waals surface area contributed by atoms with Crippen LogP contribution in [-0.2, 0) is 26.2 Å². The number of nitrogens with zero attached hydrogens (tertiary/aromatic N) is 1. The van der Waals surface area contributed by atoms with Crippen LogP contribution in [0.25, 0.3) is 0 Å². The molecule has 0 radical (unpaired) electrons. The molecular formula is C9H21NZr. The predicted octanol–water partition coefficient (Wildman–Crippen LogP) is 2.51. The van der Waals surface area contributed by atoms with Crippen molar-refractivity contribution < 1.29 is 26.2 Å². The maximum absolute atomic E-state index is 2.53. The van der Waals surface area contributed by atoms with Crippen LogP contribution in [0.1, 0.15) is 40.5 Å². The molecule has 0 aromatic rings. The van der Waals surface area contributed by atoms with E-state index < -0.39 is 0 Å². The Bertz CT molecular complexity index is 58.0. The summed E-state index contributed by atoms with van der Waals surface area (Å²) in [5, 5.41) is 0. The van der Waals surface area contributed by atoms with Crippen LogP contribution in [0.2, 0.25) is 0 Å². The molecule has 0 fully saturated rings. The number of hydrogen-bond acceptors (Lipinski definition) is 1. The fourth-order valence-electron chi connectivity index (χ4n) is 1.55. The molecule has 0 aromatic carbocycles. The van der Waals surface area contributed by atoms with Gasteiger partial charge in [0.2, 0.25) is 0 Å². The molecule has 0 aliphatic rings. The molecule has 1 nitrogen and oxygen atoms in total.